The third kappa shape index (κ3) is 4.75. The van der Waals surface area contributed by atoms with Gasteiger partial charge in [-0.3, -0.25) is 0 Å². The number of hydrogen-bond acceptors (Lipinski definition) is 1. The van der Waals surface area contributed by atoms with Gasteiger partial charge in [-0.05, 0) is 10.8 Å². The van der Waals surface area contributed by atoms with Crippen LogP contribution in [0.4, 0.5) is 0 Å². The van der Waals surface area contributed by atoms with Crippen molar-refractivity contribution in [1.82, 2.24) is 0 Å². The molecule has 0 bridgehead atoms. The van der Waals surface area contributed by atoms with E-state index in [2.05, 4.69) is 0 Å². The molecule has 0 amide bonds. The molecule has 0 aliphatic heterocycles. The molecule has 0 fully saturated rings. The van der Waals surface area contributed by atoms with Crippen molar-refractivity contribution >= 4 is 11.3 Å². The molecule has 0 unspecified atom stereocenters. The third-order valence-corrected chi connectivity index (χ3v) is 1.05. The number of rotatable bonds is 0. The van der Waals surface area contributed by atoms with E-state index in [1.54, 1.807) is 11.3 Å². The molecule has 1 heterocycles. The Morgan fingerprint density at radius 3 is 1.57 bits per heavy atom. The van der Waals surface area contributed by atoms with Gasteiger partial charge >= 0.3 is 37.7 Å². The summed E-state index contributed by atoms with van der Waals surface area (Å²) in [6, 6.07) is 4.04. The minimum Gasteiger partial charge on any atom is -1.00 e. The van der Waals surface area contributed by atoms with Gasteiger partial charge in [0.1, 0.15) is 0 Å². The van der Waals surface area contributed by atoms with Gasteiger partial charge in [-0.25, -0.2) is 0 Å². The fourth-order valence-corrected chi connectivity index (χ4v) is 0.680. The van der Waals surface area contributed by atoms with E-state index in [1.807, 2.05) is 22.9 Å². The molecule has 0 spiro atoms. The molecule has 30 valence electrons. The maximum absolute atomic E-state index is 2.04. The predicted molar refractivity (Wildman–Crippen MR) is 26.5 cm³/mol. The van der Waals surface area contributed by atoms with Gasteiger partial charge in [0.2, 0.25) is 0 Å². The first-order chi connectivity index (χ1) is 2.50. The van der Waals surface area contributed by atoms with E-state index < -0.39 is 0 Å². The molecule has 0 aliphatic rings. The van der Waals surface area contributed by atoms with E-state index >= 15 is 0 Å². The molecule has 3 heteroatoms. The first kappa shape index (κ1) is 10.8. The fourth-order valence-electron chi connectivity index (χ4n) is 0.227. The molecule has 0 aliphatic carbocycles. The second-order valence-corrected chi connectivity index (χ2v) is 1.61. The second-order valence-electron chi connectivity index (χ2n) is 0.793. The van der Waals surface area contributed by atoms with Crippen LogP contribution in [0.5, 0.6) is 0 Å². The van der Waals surface area contributed by atoms with Crippen LogP contribution in [-0.2, 0) is 0 Å². The Hall–Kier alpha value is 0.895. The summed E-state index contributed by atoms with van der Waals surface area (Å²) in [5, 5.41) is 4.08. The van der Waals surface area contributed by atoms with Gasteiger partial charge in [0.25, 0.3) is 0 Å². The molecule has 0 nitrogen and oxygen atoms in total. The van der Waals surface area contributed by atoms with Crippen molar-refractivity contribution in [2.75, 3.05) is 0 Å². The molecule has 0 saturated carbocycles. The van der Waals surface area contributed by atoms with Crippen LogP contribution >= 0.6 is 11.3 Å². The topological polar surface area (TPSA) is 0 Å². The summed E-state index contributed by atoms with van der Waals surface area (Å²) < 4.78 is 0. The van der Waals surface area contributed by atoms with Gasteiger partial charge in [-0.1, -0.05) is 12.1 Å². The molecular formula is C4H6Li2S. The molecule has 1 rings (SSSR count). The molecule has 0 saturated heterocycles. The summed E-state index contributed by atoms with van der Waals surface area (Å²) in [5.74, 6) is 0. The Bertz CT molecular complexity index is 73.0. The van der Waals surface area contributed by atoms with E-state index in [0.29, 0.717) is 0 Å². The van der Waals surface area contributed by atoms with Crippen LogP contribution in [-0.4, -0.2) is 0 Å². The Kier molecular flexibility index (Phi) is 10.6. The molecule has 1 aromatic rings. The third-order valence-electron chi connectivity index (χ3n) is 0.425. The zero-order valence-corrected chi connectivity index (χ0v) is 5.53. The van der Waals surface area contributed by atoms with Crippen molar-refractivity contribution < 1.29 is 40.6 Å². The SMILES string of the molecule is [H-].[H-].[Li+].[Li+].c1ccsc1. The predicted octanol–water partition coefficient (Wildman–Crippen LogP) is -4.02. The average Bonchev–Trinajstić information content (AvgIpc) is 1.76. The van der Waals surface area contributed by atoms with Crippen molar-refractivity contribution in [2.45, 2.75) is 0 Å². The van der Waals surface area contributed by atoms with Crippen LogP contribution in [0.3, 0.4) is 0 Å². The summed E-state index contributed by atoms with van der Waals surface area (Å²) in [6.07, 6.45) is 0. The Balaban J connectivity index is -0.0000000312. The van der Waals surface area contributed by atoms with Gasteiger partial charge in [0, 0.05) is 0 Å². The Labute approximate surface area is 74.6 Å². The number of hydrogen-bond donors (Lipinski definition) is 0. The van der Waals surface area contributed by atoms with Crippen molar-refractivity contribution in [1.29, 1.82) is 0 Å². The standard InChI is InChI=1S/C4H4S.2Li.2H/c1-2-4-5-3-1;;;;/h1-4H;;;;/q;2*+1;2*-1. The first-order valence-electron chi connectivity index (χ1n) is 1.47. The minimum atomic E-state index is 0. The van der Waals surface area contributed by atoms with Crippen LogP contribution < -0.4 is 37.7 Å². The zero-order valence-electron chi connectivity index (χ0n) is 6.72. The molecule has 0 aromatic carbocycles. The minimum absolute atomic E-state index is 0. The van der Waals surface area contributed by atoms with Crippen molar-refractivity contribution in [2.24, 2.45) is 0 Å². The summed E-state index contributed by atoms with van der Waals surface area (Å²) in [5.41, 5.74) is 0. The van der Waals surface area contributed by atoms with E-state index in [-0.39, 0.29) is 40.6 Å². The van der Waals surface area contributed by atoms with E-state index in [4.69, 9.17) is 0 Å². The maximum atomic E-state index is 2.04. The van der Waals surface area contributed by atoms with E-state index in [1.165, 1.54) is 0 Å². The van der Waals surface area contributed by atoms with Gasteiger partial charge in [-0.2, -0.15) is 11.3 Å². The van der Waals surface area contributed by atoms with Gasteiger partial charge in [0.15, 0.2) is 0 Å². The van der Waals surface area contributed by atoms with Crippen LogP contribution in [0.2, 0.25) is 0 Å². The monoisotopic (exact) mass is 100 g/mol. The molecular weight excluding hydrogens is 94.0 g/mol. The van der Waals surface area contributed by atoms with Crippen LogP contribution in [0.1, 0.15) is 2.85 Å². The van der Waals surface area contributed by atoms with Crippen molar-refractivity contribution in [3.63, 3.8) is 0 Å². The number of thiophene rings is 1. The van der Waals surface area contributed by atoms with Crippen LogP contribution in [0.25, 0.3) is 0 Å². The molecule has 1 aromatic heterocycles. The molecule has 7 heavy (non-hydrogen) atoms. The van der Waals surface area contributed by atoms with Gasteiger partial charge in [-0.15, -0.1) is 0 Å². The molecule has 0 N–H and O–H groups in total. The molecule has 0 radical (unpaired) electrons. The van der Waals surface area contributed by atoms with Crippen LogP contribution in [0, 0.1) is 0 Å². The summed E-state index contributed by atoms with van der Waals surface area (Å²) in [4.78, 5) is 0. The van der Waals surface area contributed by atoms with E-state index in [0.717, 1.165) is 0 Å². The zero-order chi connectivity index (χ0) is 3.54. The smallest absolute Gasteiger partial charge is 1.00 e. The van der Waals surface area contributed by atoms with Gasteiger partial charge in [0.05, 0.1) is 0 Å². The largest absolute Gasteiger partial charge is 1.00 e. The van der Waals surface area contributed by atoms with Crippen molar-refractivity contribution in [3.05, 3.63) is 22.9 Å². The van der Waals surface area contributed by atoms with Crippen molar-refractivity contribution in [3.8, 4) is 0 Å². The maximum Gasteiger partial charge on any atom is 1.00 e. The fraction of sp³-hybridized carbons (Fsp3) is 0. The summed E-state index contributed by atoms with van der Waals surface area (Å²) in [6.45, 7) is 0. The second kappa shape index (κ2) is 6.89. The summed E-state index contributed by atoms with van der Waals surface area (Å²) in [7, 11) is 0. The van der Waals surface area contributed by atoms with Crippen LogP contribution in [0.15, 0.2) is 22.9 Å². The Morgan fingerprint density at radius 2 is 1.43 bits per heavy atom. The van der Waals surface area contributed by atoms with Gasteiger partial charge < -0.3 is 2.85 Å². The molecule has 0 atom stereocenters. The quantitative estimate of drug-likeness (QED) is 0.291. The Morgan fingerprint density at radius 1 is 1.00 bits per heavy atom. The summed E-state index contributed by atoms with van der Waals surface area (Å²) >= 11 is 1.71. The van der Waals surface area contributed by atoms with E-state index in [9.17, 15) is 0 Å². The normalized spacial score (nSPS) is 5.71. The average molecular weight is 100 g/mol. The first-order valence-corrected chi connectivity index (χ1v) is 2.41.